The number of nitrogens with one attached hydrogen (secondary N) is 2. The normalized spacial score (nSPS) is 15.0. The number of halogens is 1. The number of hydrogen-bond donors (Lipinski definition) is 3. The molecule has 3 aromatic rings. The molecule has 0 atom stereocenters. The van der Waals surface area contributed by atoms with E-state index in [1.165, 1.54) is 12.1 Å². The van der Waals surface area contributed by atoms with Crippen LogP contribution < -0.4 is 15.6 Å². The Morgan fingerprint density at radius 1 is 1.24 bits per heavy atom. The third-order valence-corrected chi connectivity index (χ3v) is 4.41. The molecular weight excluding hydrogens is 327 g/mol. The molecule has 2 aromatic heterocycles. The fraction of sp³-hybridized carbons (Fsp3) is 0.235. The molecule has 1 aromatic carbocycles. The average Bonchev–Trinajstić information content (AvgIpc) is 2.61. The van der Waals surface area contributed by atoms with Crippen LogP contribution in [0.2, 0.25) is 0 Å². The first-order valence-corrected chi connectivity index (χ1v) is 7.89. The van der Waals surface area contributed by atoms with Gasteiger partial charge in [0.1, 0.15) is 17.0 Å². The molecule has 8 heteroatoms. The van der Waals surface area contributed by atoms with E-state index in [-0.39, 0.29) is 22.4 Å². The lowest BCUT2D eigenvalue weighted by molar-refractivity contribution is 0.0695. The van der Waals surface area contributed by atoms with Gasteiger partial charge in [0, 0.05) is 37.8 Å². The Kier molecular flexibility index (Phi) is 3.61. The Balaban J connectivity index is 1.91. The molecule has 1 saturated heterocycles. The first kappa shape index (κ1) is 15.5. The first-order chi connectivity index (χ1) is 12.0. The number of carboxylic acids is 1. The minimum absolute atomic E-state index is 0.127. The number of pyridine rings is 2. The highest BCUT2D eigenvalue weighted by Gasteiger charge is 2.17. The Labute approximate surface area is 141 Å². The van der Waals surface area contributed by atoms with Gasteiger partial charge in [-0.1, -0.05) is 0 Å². The zero-order chi connectivity index (χ0) is 17.6. The van der Waals surface area contributed by atoms with Gasteiger partial charge in [0.25, 0.3) is 0 Å². The van der Waals surface area contributed by atoms with Crippen LogP contribution in [0.25, 0.3) is 21.9 Å². The third-order valence-electron chi connectivity index (χ3n) is 4.41. The van der Waals surface area contributed by atoms with Crippen LogP contribution in [0.15, 0.2) is 29.2 Å². The van der Waals surface area contributed by atoms with Gasteiger partial charge in [-0.2, -0.15) is 0 Å². The van der Waals surface area contributed by atoms with Gasteiger partial charge < -0.3 is 20.3 Å². The van der Waals surface area contributed by atoms with E-state index < -0.39 is 11.4 Å². The van der Waals surface area contributed by atoms with E-state index in [2.05, 4.69) is 15.3 Å². The number of H-pyrrole nitrogens is 1. The van der Waals surface area contributed by atoms with Gasteiger partial charge in [0.05, 0.1) is 16.6 Å². The molecule has 0 radical (unpaired) electrons. The van der Waals surface area contributed by atoms with Crippen LogP contribution in [-0.2, 0) is 0 Å². The number of piperazine rings is 1. The number of benzene rings is 1. The van der Waals surface area contributed by atoms with Gasteiger partial charge in [0.15, 0.2) is 0 Å². The third kappa shape index (κ3) is 2.60. The lowest BCUT2D eigenvalue weighted by Gasteiger charge is -2.29. The van der Waals surface area contributed by atoms with Crippen LogP contribution in [0, 0.1) is 5.82 Å². The molecule has 3 N–H and O–H groups in total. The highest BCUT2D eigenvalue weighted by molar-refractivity contribution is 5.96. The number of hydrogen-bond acceptors (Lipinski definition) is 5. The summed E-state index contributed by atoms with van der Waals surface area (Å²) in [4.78, 5) is 32.4. The molecule has 4 rings (SSSR count). The Bertz CT molecular complexity index is 1060. The molecule has 0 amide bonds. The van der Waals surface area contributed by atoms with Crippen LogP contribution in [0.1, 0.15) is 10.4 Å². The molecule has 7 nitrogen and oxygen atoms in total. The smallest absolute Gasteiger partial charge is 0.341 e. The number of aromatic amines is 1. The van der Waals surface area contributed by atoms with Crippen molar-refractivity contribution in [1.82, 2.24) is 15.3 Å². The van der Waals surface area contributed by atoms with Gasteiger partial charge in [-0.15, -0.1) is 0 Å². The number of fused-ring (bicyclic) bond motifs is 2. The molecule has 0 saturated carbocycles. The van der Waals surface area contributed by atoms with Crippen molar-refractivity contribution in [2.75, 3.05) is 31.1 Å². The minimum atomic E-state index is -1.32. The molecule has 0 bridgehead atoms. The highest BCUT2D eigenvalue weighted by atomic mass is 19.1. The van der Waals surface area contributed by atoms with Crippen molar-refractivity contribution in [1.29, 1.82) is 0 Å². The van der Waals surface area contributed by atoms with Crippen LogP contribution in [0.3, 0.4) is 0 Å². The van der Waals surface area contributed by atoms with Gasteiger partial charge in [-0.3, -0.25) is 4.79 Å². The van der Waals surface area contributed by atoms with Crippen molar-refractivity contribution in [2.24, 2.45) is 0 Å². The standard InChI is InChI=1S/C17H15FN4O3/c18-12-6-9-5-10-15(23)11(17(24)25)8-20-16(10)21-13(9)7-14(12)22-3-1-19-2-4-22/h5-8,19H,1-4H2,(H,24,25)(H,20,21,23). The van der Waals surface area contributed by atoms with Crippen molar-refractivity contribution >= 4 is 33.6 Å². The van der Waals surface area contributed by atoms with Crippen LogP contribution in [0.4, 0.5) is 10.1 Å². The minimum Gasteiger partial charge on any atom is -0.477 e. The molecule has 3 heterocycles. The van der Waals surface area contributed by atoms with Crippen molar-refractivity contribution in [3.05, 3.63) is 46.0 Å². The van der Waals surface area contributed by atoms with E-state index in [9.17, 15) is 14.0 Å². The lowest BCUT2D eigenvalue weighted by atomic mass is 10.1. The molecule has 1 fully saturated rings. The maximum atomic E-state index is 14.5. The summed E-state index contributed by atoms with van der Waals surface area (Å²) in [6.07, 6.45) is 1.13. The predicted molar refractivity (Wildman–Crippen MR) is 91.9 cm³/mol. The highest BCUT2D eigenvalue weighted by Crippen LogP contribution is 2.26. The van der Waals surface area contributed by atoms with E-state index in [1.54, 1.807) is 6.07 Å². The Morgan fingerprint density at radius 3 is 2.72 bits per heavy atom. The van der Waals surface area contributed by atoms with Crippen molar-refractivity contribution in [3.63, 3.8) is 0 Å². The summed E-state index contributed by atoms with van der Waals surface area (Å²) >= 11 is 0. The largest absolute Gasteiger partial charge is 0.477 e. The SMILES string of the molecule is O=C(O)c1c[nH]c2nc3cc(N4CCNCC4)c(F)cc3cc2c1=O. The van der Waals surface area contributed by atoms with E-state index in [1.807, 2.05) is 4.90 Å². The van der Waals surface area contributed by atoms with Crippen LogP contribution in [-0.4, -0.2) is 47.2 Å². The molecule has 0 spiro atoms. The topological polar surface area (TPSA) is 98.3 Å². The molecule has 0 unspecified atom stereocenters. The molecule has 1 aliphatic heterocycles. The second-order valence-corrected chi connectivity index (χ2v) is 5.95. The fourth-order valence-corrected chi connectivity index (χ4v) is 3.12. The zero-order valence-corrected chi connectivity index (χ0v) is 13.2. The van der Waals surface area contributed by atoms with E-state index >= 15 is 0 Å². The number of rotatable bonds is 2. The molecule has 25 heavy (non-hydrogen) atoms. The molecule has 0 aliphatic carbocycles. The number of anilines is 1. The number of carbonyl (C=O) groups is 1. The predicted octanol–water partition coefficient (Wildman–Crippen LogP) is 1.32. The van der Waals surface area contributed by atoms with Gasteiger partial charge >= 0.3 is 5.97 Å². The number of aromatic nitrogens is 2. The number of nitrogens with zero attached hydrogens (tertiary/aromatic N) is 2. The summed E-state index contributed by atoms with van der Waals surface area (Å²) in [5.41, 5.74) is 0.292. The van der Waals surface area contributed by atoms with Crippen molar-refractivity contribution in [2.45, 2.75) is 0 Å². The van der Waals surface area contributed by atoms with Gasteiger partial charge in [-0.25, -0.2) is 14.2 Å². The van der Waals surface area contributed by atoms with Crippen molar-refractivity contribution in [3.8, 4) is 0 Å². The van der Waals surface area contributed by atoms with Gasteiger partial charge in [0.2, 0.25) is 5.43 Å². The maximum Gasteiger partial charge on any atom is 0.341 e. The molecular formula is C17H15FN4O3. The average molecular weight is 342 g/mol. The monoisotopic (exact) mass is 342 g/mol. The van der Waals surface area contributed by atoms with Crippen molar-refractivity contribution < 1.29 is 14.3 Å². The lowest BCUT2D eigenvalue weighted by Crippen LogP contribution is -2.43. The number of carboxylic acid groups (broad SMARTS) is 1. The Morgan fingerprint density at radius 2 is 2.00 bits per heavy atom. The fourth-order valence-electron chi connectivity index (χ4n) is 3.12. The second kappa shape index (κ2) is 5.82. The summed E-state index contributed by atoms with van der Waals surface area (Å²) in [6.45, 7) is 2.98. The van der Waals surface area contributed by atoms with Crippen LogP contribution in [0.5, 0.6) is 0 Å². The second-order valence-electron chi connectivity index (χ2n) is 5.95. The summed E-state index contributed by atoms with van der Waals surface area (Å²) in [7, 11) is 0. The van der Waals surface area contributed by atoms with E-state index in [0.717, 1.165) is 19.3 Å². The Hall–Kier alpha value is -3.00. The molecule has 128 valence electrons. The maximum absolute atomic E-state index is 14.5. The quantitative estimate of drug-likeness (QED) is 0.608. The van der Waals surface area contributed by atoms with Gasteiger partial charge in [-0.05, 0) is 18.2 Å². The summed E-state index contributed by atoms with van der Waals surface area (Å²) in [5, 5.41) is 12.9. The molecule has 1 aliphatic rings. The number of aromatic carboxylic acids is 1. The van der Waals surface area contributed by atoms with Crippen LogP contribution >= 0.6 is 0 Å². The zero-order valence-electron chi connectivity index (χ0n) is 13.2. The summed E-state index contributed by atoms with van der Waals surface area (Å²) < 4.78 is 14.5. The van der Waals surface area contributed by atoms with E-state index in [0.29, 0.717) is 29.7 Å². The first-order valence-electron chi connectivity index (χ1n) is 7.89. The summed E-state index contributed by atoms with van der Waals surface area (Å²) in [6, 6.07) is 4.48. The summed E-state index contributed by atoms with van der Waals surface area (Å²) in [5.74, 6) is -1.70. The van der Waals surface area contributed by atoms with E-state index in [4.69, 9.17) is 5.11 Å².